The summed E-state index contributed by atoms with van der Waals surface area (Å²) >= 11 is 0. The van der Waals surface area contributed by atoms with Crippen molar-refractivity contribution >= 4 is 68.7 Å². The molecule has 1 aliphatic rings. The van der Waals surface area contributed by atoms with Crippen molar-refractivity contribution in [2.24, 2.45) is 0 Å². The molecule has 0 fully saturated rings. The number of hydrogen-bond acceptors (Lipinski definition) is 10. The molecule has 52 heavy (non-hydrogen) atoms. The van der Waals surface area contributed by atoms with Gasteiger partial charge in [-0.25, -0.2) is 0 Å². The second-order valence-electron chi connectivity index (χ2n) is 11.6. The van der Waals surface area contributed by atoms with Gasteiger partial charge in [0.25, 0.3) is 23.2 Å². The highest BCUT2D eigenvalue weighted by Gasteiger charge is 2.18. The molecule has 14 heteroatoms. The number of nitro groups is 2. The molecule has 0 atom stereocenters. The Labute approximate surface area is 295 Å². The van der Waals surface area contributed by atoms with Crippen LogP contribution in [0.3, 0.4) is 0 Å². The highest BCUT2D eigenvalue weighted by molar-refractivity contribution is 6.05. The first-order valence-corrected chi connectivity index (χ1v) is 15.8. The Morgan fingerprint density at radius 1 is 0.481 bits per heavy atom. The maximum absolute atomic E-state index is 12.7. The summed E-state index contributed by atoms with van der Waals surface area (Å²) in [6.07, 6.45) is 0. The highest BCUT2D eigenvalue weighted by atomic mass is 16.6. The molecule has 0 saturated heterocycles. The molecular formula is C38H27N7O7. The van der Waals surface area contributed by atoms with E-state index in [1.807, 2.05) is 36.4 Å². The minimum absolute atomic E-state index is 0.0582. The van der Waals surface area contributed by atoms with Gasteiger partial charge in [-0.2, -0.15) is 0 Å². The van der Waals surface area contributed by atoms with E-state index < -0.39 is 9.85 Å². The van der Waals surface area contributed by atoms with Gasteiger partial charge in [0, 0.05) is 69.5 Å². The van der Waals surface area contributed by atoms with Crippen molar-refractivity contribution in [1.82, 2.24) is 0 Å². The lowest BCUT2D eigenvalue weighted by Crippen LogP contribution is -2.11. The van der Waals surface area contributed by atoms with Crippen molar-refractivity contribution in [2.45, 2.75) is 0 Å². The third kappa shape index (κ3) is 7.45. The first-order valence-electron chi connectivity index (χ1n) is 15.8. The van der Waals surface area contributed by atoms with Crippen LogP contribution in [0.25, 0.3) is 0 Å². The number of ether oxygens (including phenoxy) is 1. The lowest BCUT2D eigenvalue weighted by molar-refractivity contribution is -0.385. The standard InChI is InChI=1S/C38H27N7O7/c46-37(41-27-9-15-31(16-10-27)44(48)49)23-1-5-25(6-2-23)39-29-13-19-35-33(21-29)43-34-22-30(14-20-36(34)52-35)40-26-7-3-24(4-8-26)38(47)42-28-11-17-32(18-12-28)45(50)51/h1-22,39-40,43H,(H,41,46)(H,42,47). The van der Waals surface area contributed by atoms with Gasteiger partial charge in [-0.05, 0) is 109 Å². The number of carbonyl (C=O) groups is 2. The zero-order chi connectivity index (χ0) is 36.2. The number of nitrogens with one attached hydrogen (secondary N) is 5. The van der Waals surface area contributed by atoms with Crippen molar-refractivity contribution < 1.29 is 24.2 Å². The Morgan fingerprint density at radius 3 is 1.19 bits per heavy atom. The van der Waals surface area contributed by atoms with Crippen LogP contribution in [0.15, 0.2) is 133 Å². The van der Waals surface area contributed by atoms with Crippen LogP contribution < -0.4 is 31.3 Å². The van der Waals surface area contributed by atoms with Crippen molar-refractivity contribution in [3.05, 3.63) is 165 Å². The van der Waals surface area contributed by atoms with E-state index in [0.29, 0.717) is 34.0 Å². The first-order chi connectivity index (χ1) is 25.2. The van der Waals surface area contributed by atoms with Crippen LogP contribution in [0.2, 0.25) is 0 Å². The van der Waals surface area contributed by atoms with E-state index >= 15 is 0 Å². The minimum Gasteiger partial charge on any atom is -0.453 e. The Kier molecular flexibility index (Phi) is 8.83. The number of hydrogen-bond donors (Lipinski definition) is 5. The van der Waals surface area contributed by atoms with Crippen molar-refractivity contribution in [2.75, 3.05) is 26.6 Å². The molecular weight excluding hydrogens is 666 g/mol. The number of benzene rings is 6. The summed E-state index contributed by atoms with van der Waals surface area (Å²) in [6.45, 7) is 0. The summed E-state index contributed by atoms with van der Waals surface area (Å²) < 4.78 is 6.13. The van der Waals surface area contributed by atoms with E-state index in [1.165, 1.54) is 48.5 Å². The van der Waals surface area contributed by atoms with Crippen LogP contribution in [-0.2, 0) is 0 Å². The third-order valence-corrected chi connectivity index (χ3v) is 7.99. The van der Waals surface area contributed by atoms with E-state index in [9.17, 15) is 29.8 Å². The molecule has 0 aliphatic carbocycles. The van der Waals surface area contributed by atoms with E-state index in [2.05, 4.69) is 26.6 Å². The van der Waals surface area contributed by atoms with Crippen LogP contribution in [0, 0.1) is 20.2 Å². The summed E-state index contributed by atoms with van der Waals surface area (Å²) in [7, 11) is 0. The predicted octanol–water partition coefficient (Wildman–Crippen LogP) is 9.34. The Bertz CT molecular complexity index is 2170. The van der Waals surface area contributed by atoms with Gasteiger partial charge < -0.3 is 31.3 Å². The number of anilines is 8. The second-order valence-corrected chi connectivity index (χ2v) is 11.6. The van der Waals surface area contributed by atoms with Crippen LogP contribution in [0.1, 0.15) is 20.7 Å². The molecule has 5 N–H and O–H groups in total. The zero-order valence-electron chi connectivity index (χ0n) is 27.0. The molecule has 0 radical (unpaired) electrons. The van der Waals surface area contributed by atoms with E-state index in [0.717, 1.165) is 34.1 Å². The fourth-order valence-electron chi connectivity index (χ4n) is 5.34. The Hall–Kier alpha value is -7.74. The van der Waals surface area contributed by atoms with Crippen LogP contribution >= 0.6 is 0 Å². The Morgan fingerprint density at radius 2 is 0.827 bits per heavy atom. The van der Waals surface area contributed by atoms with Gasteiger partial charge in [-0.15, -0.1) is 0 Å². The molecule has 6 aromatic carbocycles. The molecule has 0 unspecified atom stereocenters. The van der Waals surface area contributed by atoms with Gasteiger partial charge in [0.2, 0.25) is 0 Å². The Balaban J connectivity index is 0.956. The third-order valence-electron chi connectivity index (χ3n) is 7.99. The average molecular weight is 694 g/mol. The largest absolute Gasteiger partial charge is 0.453 e. The van der Waals surface area contributed by atoms with E-state index in [4.69, 9.17) is 4.74 Å². The number of amides is 2. The predicted molar refractivity (Wildman–Crippen MR) is 198 cm³/mol. The van der Waals surface area contributed by atoms with Gasteiger partial charge in [0.15, 0.2) is 11.5 Å². The number of non-ortho nitro benzene ring substituents is 2. The lowest BCUT2D eigenvalue weighted by Gasteiger charge is -2.23. The minimum atomic E-state index is -0.500. The maximum Gasteiger partial charge on any atom is 0.269 e. The van der Waals surface area contributed by atoms with Crippen molar-refractivity contribution in [1.29, 1.82) is 0 Å². The fourth-order valence-corrected chi connectivity index (χ4v) is 5.34. The molecule has 0 spiro atoms. The van der Waals surface area contributed by atoms with Crippen molar-refractivity contribution in [3.63, 3.8) is 0 Å². The molecule has 0 bridgehead atoms. The van der Waals surface area contributed by atoms with Gasteiger partial charge >= 0.3 is 0 Å². The normalized spacial score (nSPS) is 11.1. The number of carbonyl (C=O) groups excluding carboxylic acids is 2. The topological polar surface area (TPSA) is 190 Å². The fraction of sp³-hybridized carbons (Fsp3) is 0. The number of nitro benzene ring substituents is 2. The molecule has 6 aromatic rings. The molecule has 0 aromatic heterocycles. The summed E-state index contributed by atoms with van der Waals surface area (Å²) in [6, 6.07) is 36.3. The summed E-state index contributed by atoms with van der Waals surface area (Å²) in [5, 5.41) is 37.3. The average Bonchev–Trinajstić information content (AvgIpc) is 3.15. The highest BCUT2D eigenvalue weighted by Crippen LogP contribution is 2.44. The van der Waals surface area contributed by atoms with Crippen LogP contribution in [0.5, 0.6) is 11.5 Å². The van der Waals surface area contributed by atoms with Crippen LogP contribution in [0.4, 0.5) is 56.9 Å². The number of fused-ring (bicyclic) bond motifs is 2. The van der Waals surface area contributed by atoms with E-state index in [-0.39, 0.29) is 23.2 Å². The first kappa shape index (κ1) is 32.8. The zero-order valence-corrected chi connectivity index (χ0v) is 27.0. The quantitative estimate of drug-likeness (QED) is 0.0681. The summed E-state index contributed by atoms with van der Waals surface area (Å²) in [5.41, 5.74) is 6.20. The molecule has 1 heterocycles. The summed E-state index contributed by atoms with van der Waals surface area (Å²) in [5.74, 6) is 0.618. The van der Waals surface area contributed by atoms with Gasteiger partial charge in [-0.3, -0.25) is 29.8 Å². The van der Waals surface area contributed by atoms with Gasteiger partial charge in [0.05, 0.1) is 21.2 Å². The number of nitrogens with zero attached hydrogens (tertiary/aromatic N) is 2. The van der Waals surface area contributed by atoms with E-state index in [1.54, 1.807) is 48.5 Å². The lowest BCUT2D eigenvalue weighted by atomic mass is 10.1. The molecule has 0 saturated carbocycles. The second kappa shape index (κ2) is 14.0. The van der Waals surface area contributed by atoms with Crippen molar-refractivity contribution in [3.8, 4) is 11.5 Å². The smallest absolute Gasteiger partial charge is 0.269 e. The van der Waals surface area contributed by atoms with Gasteiger partial charge in [-0.1, -0.05) is 0 Å². The molecule has 1 aliphatic heterocycles. The SMILES string of the molecule is O=C(Nc1ccc([N+](=O)[O-])cc1)c1ccc(Nc2ccc3c(c2)Nc2cc(Nc4ccc(C(=O)Nc5ccc([N+](=O)[O-])cc5)cc4)ccc2O3)cc1. The van der Waals surface area contributed by atoms with Crippen LogP contribution in [-0.4, -0.2) is 21.7 Å². The molecule has 2 amide bonds. The maximum atomic E-state index is 12.7. The van der Waals surface area contributed by atoms with Gasteiger partial charge in [0.1, 0.15) is 0 Å². The molecule has 7 rings (SSSR count). The summed E-state index contributed by atoms with van der Waals surface area (Å²) in [4.78, 5) is 46.1. The molecule has 256 valence electrons. The monoisotopic (exact) mass is 693 g/mol. The number of rotatable bonds is 10. The molecule has 14 nitrogen and oxygen atoms in total.